The van der Waals surface area contributed by atoms with Crippen molar-refractivity contribution in [2.75, 3.05) is 33.3 Å². The number of nitrogens with zero attached hydrogens (tertiary/aromatic N) is 3. The third-order valence-electron chi connectivity index (χ3n) is 8.95. The van der Waals surface area contributed by atoms with Crippen LogP contribution < -0.4 is 4.74 Å². The molecule has 2 aliphatic heterocycles. The number of para-hydroxylation sites is 2. The zero-order chi connectivity index (χ0) is 27.2. The molecule has 2 aliphatic rings. The summed E-state index contributed by atoms with van der Waals surface area (Å²) < 4.78 is 8.36. The van der Waals surface area contributed by atoms with Crippen molar-refractivity contribution in [3.63, 3.8) is 0 Å². The van der Waals surface area contributed by atoms with E-state index >= 15 is 0 Å². The predicted octanol–water partition coefficient (Wildman–Crippen LogP) is 5.86. The number of hydrogen-bond donors (Lipinski definition) is 0. The summed E-state index contributed by atoms with van der Waals surface area (Å²) in [4.78, 5) is 30.9. The number of likely N-dealkylation sites (N-methyl/N-ethyl adjacent to an activating group) is 1. The normalized spacial score (nSPS) is 18.7. The van der Waals surface area contributed by atoms with Gasteiger partial charge in [0.1, 0.15) is 12.4 Å². The van der Waals surface area contributed by atoms with E-state index in [0.29, 0.717) is 32.7 Å². The molecule has 0 aliphatic carbocycles. The quantitative estimate of drug-likeness (QED) is 0.426. The van der Waals surface area contributed by atoms with Gasteiger partial charge in [0.25, 0.3) is 0 Å². The molecule has 2 aromatic carbocycles. The largest absolute Gasteiger partial charge is 0.491 e. The lowest BCUT2D eigenvalue weighted by molar-refractivity contribution is -0.148. The summed E-state index contributed by atoms with van der Waals surface area (Å²) in [6.45, 7) is 5.47. The van der Waals surface area contributed by atoms with Crippen LogP contribution in [0.3, 0.4) is 0 Å². The van der Waals surface area contributed by atoms with Crippen LogP contribution in [0.1, 0.15) is 63.0 Å². The molecule has 5 rings (SSSR count). The van der Waals surface area contributed by atoms with Crippen LogP contribution in [0.5, 0.6) is 5.75 Å². The van der Waals surface area contributed by atoms with Crippen LogP contribution in [0.15, 0.2) is 54.7 Å². The van der Waals surface area contributed by atoms with E-state index in [1.807, 2.05) is 29.0 Å². The first kappa shape index (κ1) is 27.3. The number of likely N-dealkylation sites (tertiary alicyclic amines) is 1. The number of carbonyl (C=O) groups is 2. The van der Waals surface area contributed by atoms with Gasteiger partial charge in [-0.15, -0.1) is 0 Å². The fourth-order valence-corrected chi connectivity index (χ4v) is 6.54. The third kappa shape index (κ3) is 6.00. The van der Waals surface area contributed by atoms with Crippen LogP contribution in [-0.2, 0) is 29.0 Å². The number of hydrogen-bond acceptors (Lipinski definition) is 3. The van der Waals surface area contributed by atoms with Crippen molar-refractivity contribution >= 4 is 22.7 Å². The molecular weight excluding hydrogens is 486 g/mol. The van der Waals surface area contributed by atoms with Gasteiger partial charge in [-0.05, 0) is 68.7 Å². The average molecular weight is 530 g/mol. The number of piperidine rings is 1. The Morgan fingerprint density at radius 3 is 2.54 bits per heavy atom. The van der Waals surface area contributed by atoms with E-state index in [9.17, 15) is 9.59 Å². The second kappa shape index (κ2) is 12.3. The number of rotatable bonds is 4. The zero-order valence-corrected chi connectivity index (χ0v) is 23.7. The van der Waals surface area contributed by atoms with E-state index in [4.69, 9.17) is 4.74 Å². The molecule has 1 fully saturated rings. The molecule has 1 aromatic heterocycles. The monoisotopic (exact) mass is 529 g/mol. The SMILES string of the molecule is CCn1cc(CCC(=O)N2CCC3(CCCCCc4ccccc4OCCN(C)C3=O)CC2)c2ccccc21. The van der Waals surface area contributed by atoms with Gasteiger partial charge in [0.05, 0.1) is 12.0 Å². The Bertz CT molecular complexity index is 1290. The Labute approximate surface area is 232 Å². The molecule has 3 aromatic rings. The zero-order valence-electron chi connectivity index (χ0n) is 23.7. The molecule has 1 saturated heterocycles. The lowest BCUT2D eigenvalue weighted by Gasteiger charge is -2.42. The predicted molar refractivity (Wildman–Crippen MR) is 156 cm³/mol. The van der Waals surface area contributed by atoms with E-state index in [0.717, 1.165) is 63.7 Å². The first-order valence-corrected chi connectivity index (χ1v) is 14.8. The van der Waals surface area contributed by atoms with Crippen molar-refractivity contribution < 1.29 is 14.3 Å². The second-order valence-corrected chi connectivity index (χ2v) is 11.4. The van der Waals surface area contributed by atoms with Gasteiger partial charge in [0.2, 0.25) is 11.8 Å². The number of aryl methyl sites for hydroxylation is 3. The van der Waals surface area contributed by atoms with E-state index in [2.05, 4.69) is 54.1 Å². The molecule has 3 heterocycles. The van der Waals surface area contributed by atoms with Crippen molar-refractivity contribution in [2.45, 2.75) is 71.3 Å². The minimum atomic E-state index is -0.374. The van der Waals surface area contributed by atoms with Gasteiger partial charge in [-0.1, -0.05) is 49.2 Å². The highest BCUT2D eigenvalue weighted by Crippen LogP contribution is 2.39. The maximum absolute atomic E-state index is 13.8. The molecule has 0 saturated carbocycles. The molecule has 1 spiro atoms. The molecule has 0 N–H and O–H groups in total. The summed E-state index contributed by atoms with van der Waals surface area (Å²) in [6.07, 6.45) is 10.1. The number of carbonyl (C=O) groups excluding carboxylic acids is 2. The Hall–Kier alpha value is -3.28. The van der Waals surface area contributed by atoms with Crippen LogP contribution in [-0.4, -0.2) is 59.5 Å². The highest BCUT2D eigenvalue weighted by atomic mass is 16.5. The van der Waals surface area contributed by atoms with Gasteiger partial charge in [0, 0.05) is 50.2 Å². The molecule has 0 unspecified atom stereocenters. The first-order valence-electron chi connectivity index (χ1n) is 14.8. The topological polar surface area (TPSA) is 54.8 Å². The number of ether oxygens (including phenoxy) is 1. The molecule has 6 nitrogen and oxygen atoms in total. The summed E-state index contributed by atoms with van der Waals surface area (Å²) in [6, 6.07) is 16.7. The highest BCUT2D eigenvalue weighted by Gasteiger charge is 2.43. The molecule has 39 heavy (non-hydrogen) atoms. The maximum Gasteiger partial charge on any atom is 0.228 e. The van der Waals surface area contributed by atoms with Gasteiger partial charge in [-0.3, -0.25) is 9.59 Å². The Kier molecular flexibility index (Phi) is 8.59. The second-order valence-electron chi connectivity index (χ2n) is 11.4. The lowest BCUT2D eigenvalue weighted by atomic mass is 9.73. The molecule has 0 radical (unpaired) electrons. The standard InChI is InChI=1S/C33H43N3O3/c1-3-35-25-27(28-13-7-8-14-29(28)35)16-17-31(37)36-21-19-33(20-22-36)18-10-4-5-11-26-12-6-9-15-30(26)39-24-23-34(2)32(33)38/h6-9,12-15,25H,3-5,10-11,16-24H2,1-2H3. The van der Waals surface area contributed by atoms with E-state index in [1.54, 1.807) is 0 Å². The van der Waals surface area contributed by atoms with Crippen molar-refractivity contribution in [3.8, 4) is 5.75 Å². The fraction of sp³-hybridized carbons (Fsp3) is 0.515. The number of benzene rings is 2. The van der Waals surface area contributed by atoms with Gasteiger partial charge >= 0.3 is 0 Å². The molecule has 2 amide bonds. The van der Waals surface area contributed by atoms with Crippen LogP contribution in [0.4, 0.5) is 0 Å². The van der Waals surface area contributed by atoms with E-state index in [1.165, 1.54) is 22.0 Å². The molecule has 208 valence electrons. The first-order chi connectivity index (χ1) is 19.0. The van der Waals surface area contributed by atoms with Crippen LogP contribution in [0, 0.1) is 5.41 Å². The molecular formula is C33H43N3O3. The van der Waals surface area contributed by atoms with Gasteiger partial charge < -0.3 is 19.1 Å². The average Bonchev–Trinajstić information content (AvgIpc) is 3.34. The van der Waals surface area contributed by atoms with Crippen LogP contribution in [0.25, 0.3) is 10.9 Å². The molecule has 0 atom stereocenters. The summed E-state index contributed by atoms with van der Waals surface area (Å²) in [5.41, 5.74) is 3.36. The summed E-state index contributed by atoms with van der Waals surface area (Å²) in [5, 5.41) is 1.24. The lowest BCUT2D eigenvalue weighted by Crippen LogP contribution is -2.51. The minimum absolute atomic E-state index is 0.204. The van der Waals surface area contributed by atoms with Gasteiger partial charge in [0.15, 0.2) is 0 Å². The van der Waals surface area contributed by atoms with Gasteiger partial charge in [-0.25, -0.2) is 0 Å². The van der Waals surface area contributed by atoms with Crippen molar-refractivity contribution in [2.24, 2.45) is 5.41 Å². The van der Waals surface area contributed by atoms with Gasteiger partial charge in [-0.2, -0.15) is 0 Å². The van der Waals surface area contributed by atoms with Crippen molar-refractivity contribution in [3.05, 3.63) is 65.9 Å². The summed E-state index contributed by atoms with van der Waals surface area (Å²) in [7, 11) is 1.91. The summed E-state index contributed by atoms with van der Waals surface area (Å²) >= 11 is 0. The third-order valence-corrected chi connectivity index (χ3v) is 8.95. The fourth-order valence-electron chi connectivity index (χ4n) is 6.54. The Balaban J connectivity index is 1.20. The Morgan fingerprint density at radius 2 is 1.72 bits per heavy atom. The number of amides is 2. The number of aromatic nitrogens is 1. The van der Waals surface area contributed by atoms with Crippen molar-refractivity contribution in [1.29, 1.82) is 0 Å². The van der Waals surface area contributed by atoms with Crippen molar-refractivity contribution in [1.82, 2.24) is 14.4 Å². The maximum atomic E-state index is 13.8. The Morgan fingerprint density at radius 1 is 0.949 bits per heavy atom. The van der Waals surface area contributed by atoms with Crippen LogP contribution >= 0.6 is 0 Å². The molecule has 0 bridgehead atoms. The summed E-state index contributed by atoms with van der Waals surface area (Å²) in [5.74, 6) is 1.37. The smallest absolute Gasteiger partial charge is 0.228 e. The highest BCUT2D eigenvalue weighted by molar-refractivity contribution is 5.85. The molecule has 6 heteroatoms. The van der Waals surface area contributed by atoms with E-state index < -0.39 is 0 Å². The minimum Gasteiger partial charge on any atom is -0.491 e. The number of fused-ring (bicyclic) bond motifs is 2. The van der Waals surface area contributed by atoms with Crippen LogP contribution in [0.2, 0.25) is 0 Å². The van der Waals surface area contributed by atoms with E-state index in [-0.39, 0.29) is 17.2 Å².